The SMILES string of the molecule is CC1(C)C(C(=O)C=O)N(Cc2nc(-c3ccc(Oc4cnccc4C(F)(F)F)c(C(F)(F)F)c3)no2)CN1CCN1CCOCC1. The van der Waals surface area contributed by atoms with Crippen molar-refractivity contribution >= 4 is 12.1 Å². The summed E-state index contributed by atoms with van der Waals surface area (Å²) >= 11 is 0. The number of alkyl halides is 6. The van der Waals surface area contributed by atoms with Crippen LogP contribution in [0.3, 0.4) is 0 Å². The summed E-state index contributed by atoms with van der Waals surface area (Å²) in [5.74, 6) is -2.69. The predicted molar refractivity (Wildman–Crippen MR) is 147 cm³/mol. The molecule has 1 atom stereocenters. The summed E-state index contributed by atoms with van der Waals surface area (Å²) in [7, 11) is 0. The lowest BCUT2D eigenvalue weighted by molar-refractivity contribution is -0.139. The number of rotatable bonds is 10. The average molecular weight is 657 g/mol. The van der Waals surface area contributed by atoms with Crippen LogP contribution in [-0.4, -0.2) is 99.5 Å². The molecule has 2 aromatic heterocycles. The van der Waals surface area contributed by atoms with E-state index in [1.54, 1.807) is 4.90 Å². The zero-order valence-electron chi connectivity index (χ0n) is 24.8. The molecule has 17 heteroatoms. The average Bonchev–Trinajstić information content (AvgIpc) is 3.56. The van der Waals surface area contributed by atoms with Crippen molar-refractivity contribution in [3.8, 4) is 22.9 Å². The quantitative estimate of drug-likeness (QED) is 0.177. The number of aldehydes is 1. The van der Waals surface area contributed by atoms with Crippen LogP contribution in [0.15, 0.2) is 41.2 Å². The third-order valence-corrected chi connectivity index (χ3v) is 8.04. The van der Waals surface area contributed by atoms with E-state index in [0.29, 0.717) is 44.6 Å². The van der Waals surface area contributed by atoms with Crippen LogP contribution in [0.1, 0.15) is 30.9 Å². The Morgan fingerprint density at radius 1 is 1.04 bits per heavy atom. The fourth-order valence-electron chi connectivity index (χ4n) is 5.69. The standard InChI is InChI=1S/C29H30F6N6O5/c1-27(2)25(21(43)16-42)40(17-41(27)8-7-39-9-11-44-12-10-39)15-24-37-26(38-46-24)18-3-4-22(20(13-18)29(33,34)35)45-23-14-36-6-5-19(23)28(30,31)32/h3-6,13-14,16,25H,7-12,15,17H2,1-2H3. The summed E-state index contributed by atoms with van der Waals surface area (Å²) in [6.07, 6.45) is -8.13. The largest absolute Gasteiger partial charge is 0.454 e. The van der Waals surface area contributed by atoms with Crippen molar-refractivity contribution in [2.24, 2.45) is 0 Å². The highest BCUT2D eigenvalue weighted by molar-refractivity contribution is 6.28. The van der Waals surface area contributed by atoms with Crippen molar-refractivity contribution in [1.29, 1.82) is 0 Å². The fourth-order valence-corrected chi connectivity index (χ4v) is 5.69. The van der Waals surface area contributed by atoms with Crippen molar-refractivity contribution in [2.75, 3.05) is 46.1 Å². The maximum atomic E-state index is 14.0. The molecule has 0 radical (unpaired) electrons. The lowest BCUT2D eigenvalue weighted by Crippen LogP contribution is -2.52. The van der Waals surface area contributed by atoms with Gasteiger partial charge in [0.15, 0.2) is 12.0 Å². The first-order valence-corrected chi connectivity index (χ1v) is 14.2. The summed E-state index contributed by atoms with van der Waals surface area (Å²) in [4.78, 5) is 38.1. The summed E-state index contributed by atoms with van der Waals surface area (Å²) in [6.45, 7) is 8.02. The minimum Gasteiger partial charge on any atom is -0.454 e. The molecule has 0 bridgehead atoms. The zero-order valence-corrected chi connectivity index (χ0v) is 24.8. The van der Waals surface area contributed by atoms with Crippen molar-refractivity contribution in [3.63, 3.8) is 0 Å². The van der Waals surface area contributed by atoms with E-state index in [-0.39, 0.29) is 36.8 Å². The van der Waals surface area contributed by atoms with E-state index in [1.165, 1.54) is 0 Å². The number of ketones is 1. The molecule has 248 valence electrons. The molecule has 2 fully saturated rings. The van der Waals surface area contributed by atoms with E-state index in [9.17, 15) is 35.9 Å². The summed E-state index contributed by atoms with van der Waals surface area (Å²) in [5.41, 5.74) is -3.56. The molecule has 0 N–H and O–H groups in total. The van der Waals surface area contributed by atoms with Gasteiger partial charge in [0.05, 0.1) is 44.2 Å². The molecule has 46 heavy (non-hydrogen) atoms. The highest BCUT2D eigenvalue weighted by atomic mass is 19.4. The van der Waals surface area contributed by atoms with Gasteiger partial charge in [0.25, 0.3) is 0 Å². The molecule has 3 aromatic rings. The summed E-state index contributed by atoms with van der Waals surface area (Å²) in [6, 6.07) is 2.38. The van der Waals surface area contributed by atoms with Crippen LogP contribution in [0.2, 0.25) is 0 Å². The van der Waals surface area contributed by atoms with Crippen molar-refractivity contribution in [1.82, 2.24) is 29.8 Å². The highest BCUT2D eigenvalue weighted by Crippen LogP contribution is 2.43. The molecule has 0 amide bonds. The topological polar surface area (TPSA) is 114 Å². The fraction of sp³-hybridized carbons (Fsp3) is 0.483. The Hall–Kier alpha value is -3.93. The number of pyridine rings is 1. The van der Waals surface area contributed by atoms with Gasteiger partial charge in [-0.2, -0.15) is 31.3 Å². The summed E-state index contributed by atoms with van der Waals surface area (Å²) < 4.78 is 98.0. The molecule has 0 aliphatic carbocycles. The Bertz CT molecular complexity index is 1560. The van der Waals surface area contributed by atoms with Gasteiger partial charge in [-0.05, 0) is 38.1 Å². The number of Topliss-reactive ketones (excluding diaryl/α,β-unsaturated/α-hetero) is 1. The number of hydrogen-bond donors (Lipinski definition) is 0. The number of nitrogens with zero attached hydrogens (tertiary/aromatic N) is 6. The molecule has 0 spiro atoms. The number of aromatic nitrogens is 3. The first-order chi connectivity index (χ1) is 21.7. The molecule has 1 unspecified atom stereocenters. The molecule has 11 nitrogen and oxygen atoms in total. The molecule has 0 saturated carbocycles. The normalized spacial score (nSPS) is 19.8. The number of hydrogen-bond acceptors (Lipinski definition) is 11. The van der Waals surface area contributed by atoms with Crippen molar-refractivity contribution in [3.05, 3.63) is 53.7 Å². The molecule has 2 aliphatic rings. The van der Waals surface area contributed by atoms with Crippen LogP contribution >= 0.6 is 0 Å². The molecule has 5 rings (SSSR count). The third-order valence-electron chi connectivity index (χ3n) is 8.04. The second-order valence-corrected chi connectivity index (χ2v) is 11.4. The van der Waals surface area contributed by atoms with Gasteiger partial charge in [0.1, 0.15) is 11.3 Å². The van der Waals surface area contributed by atoms with Gasteiger partial charge in [-0.15, -0.1) is 0 Å². The first kappa shape index (κ1) is 33.4. The first-order valence-electron chi connectivity index (χ1n) is 14.2. The van der Waals surface area contributed by atoms with Gasteiger partial charge < -0.3 is 14.0 Å². The molecular weight excluding hydrogens is 626 g/mol. The van der Waals surface area contributed by atoms with Crippen LogP contribution in [0.4, 0.5) is 26.3 Å². The number of carbonyl (C=O) groups excluding carboxylic acids is 2. The lowest BCUT2D eigenvalue weighted by atomic mass is 9.91. The number of halogens is 6. The van der Waals surface area contributed by atoms with Crippen LogP contribution in [0, 0.1) is 0 Å². The van der Waals surface area contributed by atoms with E-state index in [2.05, 4.69) is 24.9 Å². The van der Waals surface area contributed by atoms with Gasteiger partial charge in [-0.3, -0.25) is 29.3 Å². The Labute approximate surface area is 259 Å². The van der Waals surface area contributed by atoms with Crippen molar-refractivity contribution < 1.29 is 49.9 Å². The maximum absolute atomic E-state index is 14.0. The minimum atomic E-state index is -5.02. The highest BCUT2D eigenvalue weighted by Gasteiger charge is 2.50. The number of carbonyl (C=O) groups is 2. The number of benzene rings is 1. The van der Waals surface area contributed by atoms with E-state index in [0.717, 1.165) is 31.4 Å². The van der Waals surface area contributed by atoms with Gasteiger partial charge in [-0.1, -0.05) is 5.16 Å². The Kier molecular flexibility index (Phi) is 9.49. The van der Waals surface area contributed by atoms with E-state index in [4.69, 9.17) is 14.0 Å². The molecular formula is C29H30F6N6O5. The Morgan fingerprint density at radius 3 is 2.43 bits per heavy atom. The molecule has 2 aliphatic heterocycles. The van der Waals surface area contributed by atoms with Gasteiger partial charge >= 0.3 is 12.4 Å². The lowest BCUT2D eigenvalue weighted by Gasteiger charge is -2.36. The Morgan fingerprint density at radius 2 is 1.76 bits per heavy atom. The number of ether oxygens (including phenoxy) is 2. The van der Waals surface area contributed by atoms with Crippen LogP contribution in [-0.2, 0) is 33.2 Å². The Balaban J connectivity index is 1.36. The van der Waals surface area contributed by atoms with Gasteiger partial charge in [0, 0.05) is 43.5 Å². The van der Waals surface area contributed by atoms with Gasteiger partial charge in [0.2, 0.25) is 17.5 Å². The van der Waals surface area contributed by atoms with E-state index in [1.807, 2.05) is 13.8 Å². The predicted octanol–water partition coefficient (Wildman–Crippen LogP) is 4.28. The molecule has 4 heterocycles. The molecule has 1 aromatic carbocycles. The van der Waals surface area contributed by atoms with E-state index >= 15 is 0 Å². The van der Waals surface area contributed by atoms with Crippen molar-refractivity contribution in [2.45, 2.75) is 44.3 Å². The molecule has 2 saturated heterocycles. The van der Waals surface area contributed by atoms with Gasteiger partial charge in [-0.25, -0.2) is 0 Å². The minimum absolute atomic E-state index is 0.0245. The number of morpholine rings is 1. The smallest absolute Gasteiger partial charge is 0.420 e. The second-order valence-electron chi connectivity index (χ2n) is 11.4. The van der Waals surface area contributed by atoms with Crippen LogP contribution in [0.25, 0.3) is 11.4 Å². The summed E-state index contributed by atoms with van der Waals surface area (Å²) in [5, 5.41) is 3.79. The second kappa shape index (κ2) is 13.1. The zero-order chi connectivity index (χ0) is 33.3. The monoisotopic (exact) mass is 656 g/mol. The van der Waals surface area contributed by atoms with Crippen LogP contribution in [0.5, 0.6) is 11.5 Å². The van der Waals surface area contributed by atoms with E-state index < -0.39 is 52.3 Å². The maximum Gasteiger partial charge on any atom is 0.420 e. The van der Waals surface area contributed by atoms with Crippen LogP contribution < -0.4 is 4.74 Å². The third kappa shape index (κ3) is 7.22.